The van der Waals surface area contributed by atoms with Crippen molar-refractivity contribution in [3.8, 4) is 11.5 Å². The lowest BCUT2D eigenvalue weighted by molar-refractivity contribution is -0.115. The summed E-state index contributed by atoms with van der Waals surface area (Å²) in [5.74, 6) is 1.48. The topological polar surface area (TPSA) is 146 Å². The van der Waals surface area contributed by atoms with Crippen molar-refractivity contribution < 1.29 is 36.8 Å². The molecule has 5 rings (SSSR count). The highest BCUT2D eigenvalue weighted by Gasteiger charge is 2.37. The number of benzene rings is 2. The number of ether oxygens (including phenoxy) is 2. The van der Waals surface area contributed by atoms with Crippen LogP contribution < -0.4 is 20.1 Å². The summed E-state index contributed by atoms with van der Waals surface area (Å²) in [6.07, 6.45) is 6.91. The number of phosphoric ester groups is 1. The lowest BCUT2D eigenvalue weighted by atomic mass is 9.94. The van der Waals surface area contributed by atoms with Gasteiger partial charge in [-0.25, -0.2) is 23.9 Å². The van der Waals surface area contributed by atoms with Gasteiger partial charge in [-0.3, -0.25) is 18.4 Å². The number of phosphoric acid groups is 1. The maximum Gasteiger partial charge on any atom is 0.475 e. The first-order chi connectivity index (χ1) is 25.6. The molecule has 4 aromatic rings. The van der Waals surface area contributed by atoms with Crippen LogP contribution in [0.5, 0.6) is 11.5 Å². The fraction of sp³-hybridized carbons (Fsp3) is 0.526. The molecule has 1 saturated heterocycles. The molecule has 0 atom stereocenters. The largest absolute Gasteiger partial charge is 0.493 e. The second kappa shape index (κ2) is 18.3. The number of methoxy groups -OCH3 is 1. The van der Waals surface area contributed by atoms with E-state index in [1.165, 1.54) is 29.8 Å². The molecule has 0 saturated carbocycles. The standard InChI is InChI=1S/C38H52FN6O7PS/c1-37(2,3)51-53(47,52-38(4,5)6)50-19-14-26-12-16-45(17-13-26)15-9-18-49-33-23-31-30(22-32(33)48-7)35(42-25-41-31)44-36-40-24-29(54-36)21-34(46)43-28-11-8-10-27(39)20-28/h8,10-11,20,22-26H,9,12-19,21H2,1-7H3,(H,43,46)(H,40,41,42,44). The number of likely N-dealkylation sites (tertiary alicyclic amines) is 1. The first-order valence-electron chi connectivity index (χ1n) is 18.2. The number of rotatable bonds is 17. The number of carbonyl (C=O) groups excluding carboxylic acids is 1. The predicted octanol–water partition coefficient (Wildman–Crippen LogP) is 8.78. The van der Waals surface area contributed by atoms with Crippen LogP contribution in [0.25, 0.3) is 10.9 Å². The first kappa shape index (κ1) is 41.4. The summed E-state index contributed by atoms with van der Waals surface area (Å²) in [4.78, 5) is 29.0. The van der Waals surface area contributed by atoms with Gasteiger partial charge >= 0.3 is 7.82 Å². The van der Waals surface area contributed by atoms with E-state index < -0.39 is 24.8 Å². The number of hydrogen-bond donors (Lipinski definition) is 2. The van der Waals surface area contributed by atoms with Crippen LogP contribution in [0.4, 0.5) is 21.0 Å². The van der Waals surface area contributed by atoms with Crippen molar-refractivity contribution in [2.24, 2.45) is 5.92 Å². The number of piperidine rings is 1. The molecule has 1 aliphatic heterocycles. The van der Waals surface area contributed by atoms with Crippen LogP contribution >= 0.6 is 19.2 Å². The van der Waals surface area contributed by atoms with Crippen LogP contribution in [0, 0.1) is 11.7 Å². The van der Waals surface area contributed by atoms with Crippen molar-refractivity contribution in [3.63, 3.8) is 0 Å². The quantitative estimate of drug-likeness (QED) is 0.0779. The van der Waals surface area contributed by atoms with Crippen molar-refractivity contribution in [3.05, 3.63) is 59.6 Å². The van der Waals surface area contributed by atoms with Crippen molar-refractivity contribution in [1.29, 1.82) is 0 Å². The maximum absolute atomic E-state index is 13.5. The van der Waals surface area contributed by atoms with Gasteiger partial charge < -0.3 is 25.0 Å². The fourth-order valence-electron chi connectivity index (χ4n) is 5.96. The average molecular weight is 787 g/mol. The second-order valence-corrected chi connectivity index (χ2v) is 17.8. The zero-order valence-corrected chi connectivity index (χ0v) is 33.9. The smallest absolute Gasteiger partial charge is 0.475 e. The molecule has 1 aliphatic rings. The van der Waals surface area contributed by atoms with Crippen molar-refractivity contribution in [2.45, 2.75) is 84.8 Å². The van der Waals surface area contributed by atoms with E-state index in [0.717, 1.165) is 55.6 Å². The molecule has 54 heavy (non-hydrogen) atoms. The van der Waals surface area contributed by atoms with Gasteiger partial charge in [0.2, 0.25) is 5.91 Å². The highest BCUT2D eigenvalue weighted by Crippen LogP contribution is 2.55. The zero-order chi connectivity index (χ0) is 38.9. The molecular formula is C38H52FN6O7PS. The summed E-state index contributed by atoms with van der Waals surface area (Å²) in [6, 6.07) is 9.45. The number of amides is 1. The third-order valence-corrected chi connectivity index (χ3v) is 11.2. The monoisotopic (exact) mass is 786 g/mol. The Kier molecular flexibility index (Phi) is 14.0. The number of carbonyl (C=O) groups is 1. The third kappa shape index (κ3) is 13.0. The van der Waals surface area contributed by atoms with E-state index in [0.29, 0.717) is 52.8 Å². The van der Waals surface area contributed by atoms with Gasteiger partial charge in [-0.2, -0.15) is 0 Å². The van der Waals surface area contributed by atoms with E-state index in [4.69, 9.17) is 23.0 Å². The first-order valence-corrected chi connectivity index (χ1v) is 20.5. The number of fused-ring (bicyclic) bond motifs is 1. The molecule has 2 aromatic heterocycles. The molecule has 0 spiro atoms. The molecule has 13 nitrogen and oxygen atoms in total. The Morgan fingerprint density at radius 1 is 1.00 bits per heavy atom. The molecule has 0 bridgehead atoms. The molecule has 16 heteroatoms. The molecule has 0 radical (unpaired) electrons. The molecule has 294 valence electrons. The predicted molar refractivity (Wildman–Crippen MR) is 209 cm³/mol. The van der Waals surface area contributed by atoms with Crippen molar-refractivity contribution >= 4 is 52.6 Å². The second-order valence-electron chi connectivity index (χ2n) is 15.2. The number of nitrogens with one attached hydrogen (secondary N) is 2. The number of anilines is 3. The minimum absolute atomic E-state index is 0.0932. The summed E-state index contributed by atoms with van der Waals surface area (Å²) in [5, 5.41) is 7.22. The Balaban J connectivity index is 1.07. The average Bonchev–Trinajstić information content (AvgIpc) is 3.51. The van der Waals surface area contributed by atoms with Crippen LogP contribution in [0.3, 0.4) is 0 Å². The number of nitrogens with zero attached hydrogens (tertiary/aromatic N) is 4. The molecule has 1 amide bonds. The van der Waals surface area contributed by atoms with E-state index in [-0.39, 0.29) is 12.3 Å². The van der Waals surface area contributed by atoms with Crippen LogP contribution in [0.2, 0.25) is 0 Å². The van der Waals surface area contributed by atoms with Gasteiger partial charge in [-0.15, -0.1) is 11.3 Å². The number of halogens is 1. The van der Waals surface area contributed by atoms with E-state index >= 15 is 0 Å². The van der Waals surface area contributed by atoms with Crippen LogP contribution in [-0.4, -0.2) is 76.9 Å². The SMILES string of the molecule is COc1cc2c(Nc3ncc(CC(=O)Nc4cccc(F)c4)s3)ncnc2cc1OCCCN1CCC(CCOP(=O)(OC(C)(C)C)OC(C)(C)C)CC1. The lowest BCUT2D eigenvalue weighted by Crippen LogP contribution is -2.35. The third-order valence-electron chi connectivity index (χ3n) is 8.27. The Morgan fingerprint density at radius 2 is 1.74 bits per heavy atom. The maximum atomic E-state index is 13.5. The van der Waals surface area contributed by atoms with Crippen LogP contribution in [0.15, 0.2) is 48.9 Å². The summed E-state index contributed by atoms with van der Waals surface area (Å²) in [5.41, 5.74) is -0.241. The molecular weight excluding hydrogens is 734 g/mol. The Labute approximate surface area is 320 Å². The van der Waals surface area contributed by atoms with E-state index in [1.807, 2.05) is 53.7 Å². The van der Waals surface area contributed by atoms with E-state index in [2.05, 4.69) is 30.5 Å². The van der Waals surface area contributed by atoms with Crippen LogP contribution in [0.1, 0.15) is 72.1 Å². The highest BCUT2D eigenvalue weighted by molar-refractivity contribution is 7.48. The number of aromatic nitrogens is 3. The van der Waals surface area contributed by atoms with Crippen molar-refractivity contribution in [2.75, 3.05) is 50.6 Å². The summed E-state index contributed by atoms with van der Waals surface area (Å²) in [6.45, 7) is 14.7. The molecule has 0 unspecified atom stereocenters. The molecule has 1 fully saturated rings. The van der Waals surface area contributed by atoms with Crippen LogP contribution in [-0.2, 0) is 29.4 Å². The summed E-state index contributed by atoms with van der Waals surface area (Å²) < 4.78 is 55.9. The molecule has 3 heterocycles. The number of hydrogen-bond acceptors (Lipinski definition) is 13. The van der Waals surface area contributed by atoms with Gasteiger partial charge in [0.25, 0.3) is 0 Å². The summed E-state index contributed by atoms with van der Waals surface area (Å²) >= 11 is 1.32. The molecule has 2 N–H and O–H groups in total. The van der Waals surface area contributed by atoms with Gasteiger partial charge in [0.1, 0.15) is 18.0 Å². The Bertz CT molecular complexity index is 1890. The van der Waals surface area contributed by atoms with Gasteiger partial charge in [0.05, 0.1) is 43.5 Å². The van der Waals surface area contributed by atoms with Crippen molar-refractivity contribution in [1.82, 2.24) is 19.9 Å². The van der Waals surface area contributed by atoms with Gasteiger partial charge in [-0.05, 0) is 110 Å². The normalized spacial score (nSPS) is 14.7. The molecule has 0 aliphatic carbocycles. The van der Waals surface area contributed by atoms with E-state index in [9.17, 15) is 13.8 Å². The summed E-state index contributed by atoms with van der Waals surface area (Å²) in [7, 11) is -2.11. The number of thiazole rings is 1. The highest BCUT2D eigenvalue weighted by atomic mass is 32.1. The Morgan fingerprint density at radius 3 is 2.43 bits per heavy atom. The minimum Gasteiger partial charge on any atom is -0.493 e. The lowest BCUT2D eigenvalue weighted by Gasteiger charge is -2.33. The van der Waals surface area contributed by atoms with Gasteiger partial charge in [0, 0.05) is 34.8 Å². The van der Waals surface area contributed by atoms with Gasteiger partial charge in [-0.1, -0.05) is 6.07 Å². The van der Waals surface area contributed by atoms with Gasteiger partial charge in [0.15, 0.2) is 16.6 Å². The minimum atomic E-state index is -3.70. The van der Waals surface area contributed by atoms with E-state index in [1.54, 1.807) is 25.4 Å². The Hall–Kier alpha value is -3.72. The zero-order valence-electron chi connectivity index (χ0n) is 32.1. The fourth-order valence-corrected chi connectivity index (χ4v) is 8.58. The molecule has 2 aromatic carbocycles.